The first-order chi connectivity index (χ1) is 13.8. The van der Waals surface area contributed by atoms with Gasteiger partial charge in [0.15, 0.2) is 17.2 Å². The highest BCUT2D eigenvalue weighted by Crippen LogP contribution is 2.38. The van der Waals surface area contributed by atoms with Crippen LogP contribution >= 0.6 is 0 Å². The average Bonchev–Trinajstić information content (AvgIpc) is 3.44. The number of anilines is 1. The number of carbonyl (C=O) groups excluding carboxylic acids is 1. The Bertz CT molecular complexity index is 977. The number of carbonyl (C=O) groups is 1. The topological polar surface area (TPSA) is 90.9 Å². The Labute approximate surface area is 164 Å². The van der Waals surface area contributed by atoms with Crippen molar-refractivity contribution < 1.29 is 18.0 Å². The Morgan fingerprint density at radius 3 is 2.59 bits per heavy atom. The number of rotatable bonds is 3. The summed E-state index contributed by atoms with van der Waals surface area (Å²) in [5.74, 6) is -0.0250. The predicted octanol–water partition coefficient (Wildman–Crippen LogP) is 2.25. The van der Waals surface area contributed by atoms with Gasteiger partial charge in [-0.2, -0.15) is 23.5 Å². The van der Waals surface area contributed by atoms with Crippen LogP contribution in [0.2, 0.25) is 0 Å². The zero-order chi connectivity index (χ0) is 20.8. The van der Waals surface area contributed by atoms with E-state index in [1.807, 2.05) is 17.9 Å². The second kappa shape index (κ2) is 7.02. The van der Waals surface area contributed by atoms with E-state index in [-0.39, 0.29) is 23.5 Å². The number of amides is 1. The monoisotopic (exact) mass is 405 g/mol. The molecule has 1 aliphatic heterocycles. The number of nitriles is 1. The molecular weight excluding hydrogens is 387 g/mol. The number of alkyl halides is 3. The van der Waals surface area contributed by atoms with Crippen LogP contribution in [0.5, 0.6) is 0 Å². The SMILES string of the molecule is CC1CN(c2nccnc2C#N)CCN1C(=O)c1cc(C(F)(F)F)nn1C1CC1. The number of hydrogen-bond acceptors (Lipinski definition) is 6. The van der Waals surface area contributed by atoms with E-state index in [9.17, 15) is 23.2 Å². The van der Waals surface area contributed by atoms with E-state index in [4.69, 9.17) is 0 Å². The molecule has 2 aromatic rings. The summed E-state index contributed by atoms with van der Waals surface area (Å²) in [6, 6.07) is 2.40. The summed E-state index contributed by atoms with van der Waals surface area (Å²) in [4.78, 5) is 24.7. The zero-order valence-corrected chi connectivity index (χ0v) is 15.6. The molecule has 1 atom stereocenters. The van der Waals surface area contributed by atoms with Gasteiger partial charge in [-0.15, -0.1) is 0 Å². The van der Waals surface area contributed by atoms with Crippen LogP contribution in [-0.4, -0.2) is 56.2 Å². The van der Waals surface area contributed by atoms with Crippen LogP contribution < -0.4 is 4.90 Å². The summed E-state index contributed by atoms with van der Waals surface area (Å²) >= 11 is 0. The van der Waals surface area contributed by atoms with Gasteiger partial charge in [0.05, 0.1) is 6.04 Å². The third-order valence-corrected chi connectivity index (χ3v) is 5.11. The molecule has 1 saturated heterocycles. The highest BCUT2D eigenvalue weighted by atomic mass is 19.4. The minimum absolute atomic E-state index is 0.0302. The molecule has 152 valence electrons. The fourth-order valence-electron chi connectivity index (χ4n) is 3.53. The number of aromatic nitrogens is 4. The molecule has 1 unspecified atom stereocenters. The molecule has 0 aromatic carbocycles. The van der Waals surface area contributed by atoms with Gasteiger partial charge in [0, 0.05) is 44.1 Å². The van der Waals surface area contributed by atoms with Crippen LogP contribution in [0.15, 0.2) is 18.5 Å². The number of hydrogen-bond donors (Lipinski definition) is 0. The molecule has 2 aromatic heterocycles. The summed E-state index contributed by atoms with van der Waals surface area (Å²) in [6.45, 7) is 2.89. The molecule has 2 aliphatic rings. The van der Waals surface area contributed by atoms with Gasteiger partial charge in [-0.3, -0.25) is 9.48 Å². The number of piperazine rings is 1. The Hall–Kier alpha value is -3.16. The van der Waals surface area contributed by atoms with E-state index in [0.717, 1.165) is 6.07 Å². The number of halogens is 3. The van der Waals surface area contributed by atoms with Crippen LogP contribution in [0.4, 0.5) is 19.0 Å². The van der Waals surface area contributed by atoms with Gasteiger partial charge in [-0.1, -0.05) is 0 Å². The summed E-state index contributed by atoms with van der Waals surface area (Å²) in [5.41, 5.74) is -0.879. The van der Waals surface area contributed by atoms with Crippen molar-refractivity contribution in [2.75, 3.05) is 24.5 Å². The van der Waals surface area contributed by atoms with Gasteiger partial charge in [0.2, 0.25) is 0 Å². The molecule has 29 heavy (non-hydrogen) atoms. The predicted molar refractivity (Wildman–Crippen MR) is 95.0 cm³/mol. The molecule has 0 radical (unpaired) electrons. The van der Waals surface area contributed by atoms with Crippen molar-refractivity contribution in [1.82, 2.24) is 24.6 Å². The lowest BCUT2D eigenvalue weighted by Gasteiger charge is -2.40. The first-order valence-electron chi connectivity index (χ1n) is 9.23. The van der Waals surface area contributed by atoms with Crippen molar-refractivity contribution in [3.05, 3.63) is 35.5 Å². The molecule has 0 N–H and O–H groups in total. The molecule has 11 heteroatoms. The van der Waals surface area contributed by atoms with Gasteiger partial charge in [-0.05, 0) is 19.8 Å². The van der Waals surface area contributed by atoms with Crippen LogP contribution in [0.1, 0.15) is 47.7 Å². The van der Waals surface area contributed by atoms with Crippen LogP contribution in [0.25, 0.3) is 0 Å². The van der Waals surface area contributed by atoms with Gasteiger partial charge in [0.25, 0.3) is 5.91 Å². The average molecular weight is 405 g/mol. The first-order valence-corrected chi connectivity index (χ1v) is 9.23. The van der Waals surface area contributed by atoms with E-state index >= 15 is 0 Å². The van der Waals surface area contributed by atoms with E-state index in [1.54, 1.807) is 4.90 Å². The molecule has 8 nitrogen and oxygen atoms in total. The first kappa shape index (κ1) is 19.2. The minimum Gasteiger partial charge on any atom is -0.350 e. The largest absolute Gasteiger partial charge is 0.435 e. The van der Waals surface area contributed by atoms with Gasteiger partial charge in [-0.25, -0.2) is 9.97 Å². The third-order valence-electron chi connectivity index (χ3n) is 5.11. The normalized spacial score (nSPS) is 19.9. The summed E-state index contributed by atoms with van der Waals surface area (Å²) in [6.07, 6.45) is -0.245. The van der Waals surface area contributed by atoms with Crippen molar-refractivity contribution in [1.29, 1.82) is 5.26 Å². The molecule has 0 spiro atoms. The second-order valence-corrected chi connectivity index (χ2v) is 7.22. The molecule has 4 rings (SSSR count). The van der Waals surface area contributed by atoms with Crippen molar-refractivity contribution in [3.8, 4) is 6.07 Å². The van der Waals surface area contributed by atoms with Crippen LogP contribution in [0.3, 0.4) is 0 Å². The van der Waals surface area contributed by atoms with Crippen molar-refractivity contribution >= 4 is 11.7 Å². The highest BCUT2D eigenvalue weighted by Gasteiger charge is 2.40. The third kappa shape index (κ3) is 3.62. The summed E-state index contributed by atoms with van der Waals surface area (Å²) < 4.78 is 40.6. The van der Waals surface area contributed by atoms with E-state index < -0.39 is 17.8 Å². The smallest absolute Gasteiger partial charge is 0.350 e. The molecule has 1 aliphatic carbocycles. The van der Waals surface area contributed by atoms with Crippen molar-refractivity contribution in [3.63, 3.8) is 0 Å². The van der Waals surface area contributed by atoms with E-state index in [1.165, 1.54) is 17.1 Å². The lowest BCUT2D eigenvalue weighted by Crippen LogP contribution is -2.54. The Morgan fingerprint density at radius 2 is 1.97 bits per heavy atom. The lowest BCUT2D eigenvalue weighted by atomic mass is 10.1. The molecule has 1 saturated carbocycles. The molecule has 1 amide bonds. The molecular formula is C18H18F3N7O. The maximum absolute atomic E-state index is 13.1. The fraction of sp³-hybridized carbons (Fsp3) is 0.500. The van der Waals surface area contributed by atoms with Gasteiger partial charge in [0.1, 0.15) is 11.8 Å². The second-order valence-electron chi connectivity index (χ2n) is 7.22. The highest BCUT2D eigenvalue weighted by molar-refractivity contribution is 5.93. The standard InChI is InChI=1S/C18H18F3N7O/c1-11-10-26(16-13(9-22)23-4-5-24-16)6-7-27(11)17(29)14-8-15(18(19,20)21)25-28(14)12-2-3-12/h4-5,8,11-12H,2-3,6-7,10H2,1H3. The van der Waals surface area contributed by atoms with Gasteiger partial charge < -0.3 is 9.80 Å². The molecule has 3 heterocycles. The minimum atomic E-state index is -4.60. The summed E-state index contributed by atoms with van der Waals surface area (Å²) in [5, 5.41) is 12.9. The number of nitrogens with zero attached hydrogens (tertiary/aromatic N) is 7. The maximum atomic E-state index is 13.1. The Balaban J connectivity index is 1.56. The quantitative estimate of drug-likeness (QED) is 0.778. The fourth-order valence-corrected chi connectivity index (χ4v) is 3.53. The van der Waals surface area contributed by atoms with E-state index in [2.05, 4.69) is 15.1 Å². The molecule has 0 bridgehead atoms. The van der Waals surface area contributed by atoms with Crippen LogP contribution in [0, 0.1) is 11.3 Å². The maximum Gasteiger partial charge on any atom is 0.435 e. The van der Waals surface area contributed by atoms with E-state index in [0.29, 0.717) is 38.3 Å². The van der Waals surface area contributed by atoms with Crippen molar-refractivity contribution in [2.45, 2.75) is 38.0 Å². The lowest BCUT2D eigenvalue weighted by molar-refractivity contribution is -0.141. The summed E-state index contributed by atoms with van der Waals surface area (Å²) in [7, 11) is 0. The van der Waals surface area contributed by atoms with Crippen molar-refractivity contribution in [2.24, 2.45) is 0 Å². The van der Waals surface area contributed by atoms with Crippen LogP contribution in [-0.2, 0) is 6.18 Å². The Morgan fingerprint density at radius 1 is 1.24 bits per heavy atom. The Kier molecular flexibility index (Phi) is 4.64. The molecule has 2 fully saturated rings. The zero-order valence-electron chi connectivity index (χ0n) is 15.6. The van der Waals surface area contributed by atoms with Gasteiger partial charge >= 0.3 is 6.18 Å².